The molecule has 0 heterocycles. The molecule has 0 spiro atoms. The van der Waals surface area contributed by atoms with Crippen LogP contribution in [0.15, 0.2) is 47.1 Å². The van der Waals surface area contributed by atoms with Gasteiger partial charge in [-0.1, -0.05) is 41.0 Å². The first kappa shape index (κ1) is 17.6. The van der Waals surface area contributed by atoms with E-state index >= 15 is 0 Å². The summed E-state index contributed by atoms with van der Waals surface area (Å²) in [6, 6.07) is 0. The second kappa shape index (κ2) is 10.5. The number of hydrogen-bond donors (Lipinski definition) is 0. The van der Waals surface area contributed by atoms with Crippen LogP contribution in [0.5, 0.6) is 0 Å². The minimum Gasteiger partial charge on any atom is -0.295 e. The minimum atomic E-state index is 0.114. The van der Waals surface area contributed by atoms with Gasteiger partial charge in [0.05, 0.1) is 0 Å². The van der Waals surface area contributed by atoms with Crippen molar-refractivity contribution < 1.29 is 4.79 Å². The van der Waals surface area contributed by atoms with Crippen LogP contribution >= 0.6 is 0 Å². The number of hydrogen-bond acceptors (Lipinski definition) is 1. The number of carbonyl (C=O) groups is 1. The van der Waals surface area contributed by atoms with Crippen molar-refractivity contribution in [1.82, 2.24) is 0 Å². The van der Waals surface area contributed by atoms with Crippen LogP contribution in [0.1, 0.15) is 60.3 Å². The quantitative estimate of drug-likeness (QED) is 0.413. The van der Waals surface area contributed by atoms with Gasteiger partial charge in [-0.05, 0) is 66.4 Å². The molecule has 0 fully saturated rings. The summed E-state index contributed by atoms with van der Waals surface area (Å²) < 4.78 is 0. The maximum Gasteiger partial charge on any atom is 0.152 e. The Kier molecular flexibility index (Phi) is 9.78. The molecule has 1 heteroatoms. The van der Waals surface area contributed by atoms with Crippen molar-refractivity contribution in [1.29, 1.82) is 0 Å². The maximum atomic E-state index is 10.8. The first-order chi connectivity index (χ1) is 8.91. The molecule has 1 nitrogen and oxygen atoms in total. The molecular weight excluding hydrogens is 232 g/mol. The Morgan fingerprint density at radius 3 is 2.11 bits per heavy atom. The molecule has 19 heavy (non-hydrogen) atoms. The first-order valence-electron chi connectivity index (χ1n) is 7.03. The largest absolute Gasteiger partial charge is 0.295 e. The SMILES string of the molecule is CC(=O)C=CCC(C)=CCC=C(C)CCC=C(C)C. The lowest BCUT2D eigenvalue weighted by Gasteiger charge is -1.99. The van der Waals surface area contributed by atoms with E-state index in [-0.39, 0.29) is 5.78 Å². The second-order valence-corrected chi connectivity index (χ2v) is 5.37. The van der Waals surface area contributed by atoms with Crippen molar-refractivity contribution in [2.75, 3.05) is 0 Å². The van der Waals surface area contributed by atoms with E-state index in [9.17, 15) is 4.79 Å². The molecule has 0 aromatic heterocycles. The third-order valence-corrected chi connectivity index (χ3v) is 2.82. The van der Waals surface area contributed by atoms with Crippen molar-refractivity contribution in [3.8, 4) is 0 Å². The summed E-state index contributed by atoms with van der Waals surface area (Å²) in [5, 5.41) is 0. The Morgan fingerprint density at radius 2 is 1.53 bits per heavy atom. The topological polar surface area (TPSA) is 17.1 Å². The van der Waals surface area contributed by atoms with Crippen LogP contribution in [-0.2, 0) is 4.79 Å². The van der Waals surface area contributed by atoms with E-state index < -0.39 is 0 Å². The fourth-order valence-electron chi connectivity index (χ4n) is 1.65. The summed E-state index contributed by atoms with van der Waals surface area (Å²) in [6.07, 6.45) is 14.5. The van der Waals surface area contributed by atoms with Gasteiger partial charge in [0.15, 0.2) is 5.78 Å². The molecule has 0 bridgehead atoms. The number of carbonyl (C=O) groups excluding carboxylic acids is 1. The van der Waals surface area contributed by atoms with Gasteiger partial charge >= 0.3 is 0 Å². The van der Waals surface area contributed by atoms with Crippen LogP contribution in [0.2, 0.25) is 0 Å². The molecule has 0 aliphatic carbocycles. The molecule has 106 valence electrons. The highest BCUT2D eigenvalue weighted by atomic mass is 16.1. The lowest BCUT2D eigenvalue weighted by molar-refractivity contribution is -0.112. The molecule has 0 N–H and O–H groups in total. The lowest BCUT2D eigenvalue weighted by atomic mass is 10.1. The summed E-state index contributed by atoms with van der Waals surface area (Å²) in [4.78, 5) is 10.8. The zero-order valence-electron chi connectivity index (χ0n) is 13.1. The lowest BCUT2D eigenvalue weighted by Crippen LogP contribution is -1.81. The first-order valence-corrected chi connectivity index (χ1v) is 7.03. The van der Waals surface area contributed by atoms with Gasteiger partial charge in [-0.25, -0.2) is 0 Å². The zero-order chi connectivity index (χ0) is 14.7. The van der Waals surface area contributed by atoms with Crippen molar-refractivity contribution in [2.45, 2.75) is 60.3 Å². The summed E-state index contributed by atoms with van der Waals surface area (Å²) >= 11 is 0. The fraction of sp³-hybridized carbons (Fsp3) is 0.500. The van der Waals surface area contributed by atoms with E-state index in [1.807, 2.05) is 6.08 Å². The normalized spacial score (nSPS) is 12.9. The Hall–Kier alpha value is -1.37. The van der Waals surface area contributed by atoms with E-state index in [1.54, 1.807) is 13.0 Å². The predicted octanol–water partition coefficient (Wildman–Crippen LogP) is 5.55. The van der Waals surface area contributed by atoms with Crippen molar-refractivity contribution in [3.05, 3.63) is 47.1 Å². The van der Waals surface area contributed by atoms with Gasteiger partial charge in [-0.15, -0.1) is 0 Å². The molecule has 0 aliphatic heterocycles. The van der Waals surface area contributed by atoms with Gasteiger partial charge in [0, 0.05) is 0 Å². The second-order valence-electron chi connectivity index (χ2n) is 5.37. The monoisotopic (exact) mass is 260 g/mol. The highest BCUT2D eigenvalue weighted by Gasteiger charge is 1.90. The Morgan fingerprint density at radius 1 is 0.895 bits per heavy atom. The predicted molar refractivity (Wildman–Crippen MR) is 85.2 cm³/mol. The molecule has 0 atom stereocenters. The summed E-state index contributed by atoms with van der Waals surface area (Å²) in [5.74, 6) is 0.114. The van der Waals surface area contributed by atoms with Crippen LogP contribution in [0, 0.1) is 0 Å². The van der Waals surface area contributed by atoms with Crippen LogP contribution in [0.25, 0.3) is 0 Å². The molecule has 0 aromatic rings. The highest BCUT2D eigenvalue weighted by Crippen LogP contribution is 2.09. The summed E-state index contributed by atoms with van der Waals surface area (Å²) in [6.45, 7) is 10.2. The van der Waals surface area contributed by atoms with Crippen LogP contribution in [0.3, 0.4) is 0 Å². The van der Waals surface area contributed by atoms with Crippen molar-refractivity contribution in [3.63, 3.8) is 0 Å². The average molecular weight is 260 g/mol. The molecule has 0 aromatic carbocycles. The van der Waals surface area contributed by atoms with E-state index in [0.717, 1.165) is 25.7 Å². The molecule has 0 aliphatic rings. The fourth-order valence-corrected chi connectivity index (χ4v) is 1.65. The Balaban J connectivity index is 4.03. The number of allylic oxidation sites excluding steroid dienone is 8. The number of rotatable bonds is 8. The van der Waals surface area contributed by atoms with Gasteiger partial charge in [-0.3, -0.25) is 4.79 Å². The van der Waals surface area contributed by atoms with E-state index in [4.69, 9.17) is 0 Å². The molecule has 0 amide bonds. The van der Waals surface area contributed by atoms with Gasteiger partial charge in [0.2, 0.25) is 0 Å². The van der Waals surface area contributed by atoms with Gasteiger partial charge < -0.3 is 0 Å². The van der Waals surface area contributed by atoms with Crippen LogP contribution < -0.4 is 0 Å². The molecule has 0 saturated carbocycles. The van der Waals surface area contributed by atoms with Gasteiger partial charge in [0.25, 0.3) is 0 Å². The third-order valence-electron chi connectivity index (χ3n) is 2.82. The van der Waals surface area contributed by atoms with Crippen molar-refractivity contribution in [2.24, 2.45) is 0 Å². The molecular formula is C18H28O. The molecule has 0 rings (SSSR count). The Bertz CT molecular complexity index is 388. The molecule has 0 unspecified atom stereocenters. The van der Waals surface area contributed by atoms with E-state index in [0.29, 0.717) is 0 Å². The van der Waals surface area contributed by atoms with E-state index in [1.165, 1.54) is 16.7 Å². The van der Waals surface area contributed by atoms with E-state index in [2.05, 4.69) is 45.9 Å². The molecule has 0 saturated heterocycles. The summed E-state index contributed by atoms with van der Waals surface area (Å²) in [5.41, 5.74) is 4.15. The van der Waals surface area contributed by atoms with Gasteiger partial charge in [0.1, 0.15) is 0 Å². The maximum absolute atomic E-state index is 10.8. The zero-order valence-corrected chi connectivity index (χ0v) is 13.1. The minimum absolute atomic E-state index is 0.114. The smallest absolute Gasteiger partial charge is 0.152 e. The average Bonchev–Trinajstić information content (AvgIpc) is 2.27. The van der Waals surface area contributed by atoms with Crippen molar-refractivity contribution >= 4 is 5.78 Å². The Labute approximate surface area is 118 Å². The number of ketones is 1. The third kappa shape index (κ3) is 12.9. The van der Waals surface area contributed by atoms with Crippen LogP contribution in [-0.4, -0.2) is 5.78 Å². The standard InChI is InChI=1S/C18H28O/c1-15(2)9-6-10-16(3)11-7-12-17(4)13-8-14-18(5)19/h8-9,11-12,14H,6-7,10,13H2,1-5H3. The molecule has 0 radical (unpaired) electrons. The summed E-state index contributed by atoms with van der Waals surface area (Å²) in [7, 11) is 0. The van der Waals surface area contributed by atoms with Crippen LogP contribution in [0.4, 0.5) is 0 Å². The van der Waals surface area contributed by atoms with Gasteiger partial charge in [-0.2, -0.15) is 0 Å². The highest BCUT2D eigenvalue weighted by molar-refractivity contribution is 5.87.